The molecule has 1 unspecified atom stereocenters. The zero-order valence-corrected chi connectivity index (χ0v) is 62.2. The lowest BCUT2D eigenvalue weighted by Crippen LogP contribution is -2.33. The fraction of sp³-hybridized carbons (Fsp3) is 0.0700. The van der Waals surface area contributed by atoms with Crippen molar-refractivity contribution in [2.24, 2.45) is 9.98 Å². The van der Waals surface area contributed by atoms with Gasteiger partial charge in [0.2, 0.25) is 0 Å². The molecule has 110 heavy (non-hydrogen) atoms. The predicted molar refractivity (Wildman–Crippen MR) is 459 cm³/mol. The molecule has 0 amide bonds. The van der Waals surface area contributed by atoms with Crippen LogP contribution in [0.3, 0.4) is 0 Å². The van der Waals surface area contributed by atoms with Crippen LogP contribution in [0, 0.1) is 0 Å². The SMILES string of the molecule is CC1(C)c2cc(C3=NC(c4ccc(-c5ccc(-c6nc7sc8ccccc8c7c7ccccc67)c6ccccc56)cc4)=NC(c4ccccc4)N3)ccc2-c2ccc(-c3ccc4c(c3)sc3nc(-c5cccc(-c6nc(-c7ccccc7)nc(-c7ccc8c(c7)C(C)(C)c7ccccc7-8)n6)c5)c5ccccc5c34)cc21. The minimum absolute atomic E-state index is 0.173. The van der Waals surface area contributed by atoms with Gasteiger partial charge in [-0.05, 0) is 130 Å². The number of benzene rings is 14. The smallest absolute Gasteiger partial charge is 0.164 e. The predicted octanol–water partition coefficient (Wildman–Crippen LogP) is 25.6. The highest BCUT2D eigenvalue weighted by molar-refractivity contribution is 7.26. The molecule has 22 rings (SSSR count). The van der Waals surface area contributed by atoms with Crippen molar-refractivity contribution < 1.29 is 0 Å². The maximum absolute atomic E-state index is 5.60. The first kappa shape index (κ1) is 64.0. The molecule has 3 aliphatic rings. The fourth-order valence-corrected chi connectivity index (χ4v) is 19.9. The molecule has 0 fully saturated rings. The van der Waals surface area contributed by atoms with E-state index in [2.05, 4.69) is 330 Å². The van der Waals surface area contributed by atoms with Crippen LogP contribution in [-0.4, -0.2) is 36.6 Å². The maximum Gasteiger partial charge on any atom is 0.164 e. The highest BCUT2D eigenvalue weighted by atomic mass is 32.1. The van der Waals surface area contributed by atoms with E-state index in [-0.39, 0.29) is 17.0 Å². The third kappa shape index (κ3) is 10.1. The van der Waals surface area contributed by atoms with E-state index < -0.39 is 0 Å². The number of aromatic nitrogens is 5. The zero-order valence-electron chi connectivity index (χ0n) is 60.5. The van der Waals surface area contributed by atoms with Crippen molar-refractivity contribution in [2.75, 3.05) is 0 Å². The summed E-state index contributed by atoms with van der Waals surface area (Å²) in [5.41, 5.74) is 24.1. The lowest BCUT2D eigenvalue weighted by atomic mass is 9.81. The van der Waals surface area contributed by atoms with E-state index in [1.165, 1.54) is 103 Å². The Morgan fingerprint density at radius 3 is 1.44 bits per heavy atom. The van der Waals surface area contributed by atoms with Gasteiger partial charge >= 0.3 is 0 Å². The van der Waals surface area contributed by atoms with Crippen LogP contribution in [0.25, 0.3) is 174 Å². The van der Waals surface area contributed by atoms with Gasteiger partial charge in [0.15, 0.2) is 23.3 Å². The Labute approximate surface area is 643 Å². The summed E-state index contributed by atoms with van der Waals surface area (Å²) >= 11 is 3.52. The minimum atomic E-state index is -0.354. The highest BCUT2D eigenvalue weighted by Gasteiger charge is 2.38. The second-order valence-electron chi connectivity index (χ2n) is 30.3. The molecular formula is C100H66N8S2. The van der Waals surface area contributed by atoms with E-state index in [0.29, 0.717) is 23.3 Å². The fourth-order valence-electron chi connectivity index (χ4n) is 17.7. The third-order valence-electron chi connectivity index (χ3n) is 23.3. The van der Waals surface area contributed by atoms with Crippen LogP contribution in [-0.2, 0) is 10.8 Å². The normalized spacial score (nSPS) is 14.6. The lowest BCUT2D eigenvalue weighted by molar-refractivity contribution is 0.659. The van der Waals surface area contributed by atoms with Crippen LogP contribution in [0.5, 0.6) is 0 Å². The molecule has 10 heteroatoms. The number of hydrogen-bond donors (Lipinski definition) is 1. The van der Waals surface area contributed by atoms with Crippen molar-refractivity contribution in [3.63, 3.8) is 0 Å². The Morgan fingerprint density at radius 2 is 0.727 bits per heavy atom. The number of thiophene rings is 2. The molecule has 5 aromatic heterocycles. The number of aliphatic imine (C=N–C) groups is 2. The molecule has 518 valence electrons. The molecule has 1 N–H and O–H groups in total. The molecule has 1 atom stereocenters. The van der Waals surface area contributed by atoms with E-state index >= 15 is 0 Å². The quantitative estimate of drug-likeness (QED) is 0.146. The Morgan fingerprint density at radius 1 is 0.282 bits per heavy atom. The van der Waals surface area contributed by atoms with Gasteiger partial charge in [-0.25, -0.2) is 34.9 Å². The highest BCUT2D eigenvalue weighted by Crippen LogP contribution is 2.53. The lowest BCUT2D eigenvalue weighted by Gasteiger charge is -2.25. The van der Waals surface area contributed by atoms with E-state index in [1.807, 2.05) is 18.2 Å². The summed E-state index contributed by atoms with van der Waals surface area (Å²) in [6.45, 7) is 9.34. The maximum atomic E-state index is 5.60. The Hall–Kier alpha value is -13.3. The summed E-state index contributed by atoms with van der Waals surface area (Å²) in [4.78, 5) is 39.5. The van der Waals surface area contributed by atoms with Crippen molar-refractivity contribution in [1.29, 1.82) is 0 Å². The molecule has 0 saturated carbocycles. The van der Waals surface area contributed by atoms with Gasteiger partial charge in [-0.1, -0.05) is 307 Å². The van der Waals surface area contributed by atoms with Crippen LogP contribution >= 0.6 is 22.7 Å². The summed E-state index contributed by atoms with van der Waals surface area (Å²) < 4.78 is 2.44. The van der Waals surface area contributed by atoms with Crippen molar-refractivity contribution in [3.8, 4) is 101 Å². The van der Waals surface area contributed by atoms with Gasteiger partial charge in [-0.15, -0.1) is 22.7 Å². The number of pyridine rings is 2. The van der Waals surface area contributed by atoms with Crippen molar-refractivity contribution >= 4 is 107 Å². The minimum Gasteiger partial charge on any atom is -0.344 e. The zero-order chi connectivity index (χ0) is 73.1. The molecule has 1 aliphatic heterocycles. The molecule has 0 bridgehead atoms. The Balaban J connectivity index is 0.567. The average molecular weight is 1440 g/mol. The summed E-state index contributed by atoms with van der Waals surface area (Å²) in [6, 6.07) is 114. The molecule has 0 radical (unpaired) electrons. The molecule has 19 aromatic rings. The molecule has 14 aromatic carbocycles. The summed E-state index contributed by atoms with van der Waals surface area (Å²) in [5, 5.41) is 15.6. The number of amidine groups is 2. The van der Waals surface area contributed by atoms with Gasteiger partial charge in [0, 0.05) is 91.5 Å². The second kappa shape index (κ2) is 24.6. The standard InChI is InChI=1S/C100H66N8S2/c1-99(2)81-36-19-17-30-70(81)71-47-44-65(54-83(71)99)96-106-92(59-24-9-6-10-25-59)104-94(108-96)64-27-21-26-63(52-64)89-76-33-15-13-31-74(76)88-80-49-43-62(56-86(80)110-97(88)101-89)61-42-46-72-73-48-45-66(55-84(73)100(3,4)82(72)53-61)95-105-91(58-22-7-5-8-23-58)103-93(107-95)60-40-38-57(39-41-60)67-50-51-78(69-29-12-11-28-68(67)69)90-77-34-16-14-32-75(77)87-79-35-18-20-37-85(79)109-98(87)102-90/h5-56,91H,1-4H3,(H,103,105,107). The van der Waals surface area contributed by atoms with Crippen LogP contribution in [0.15, 0.2) is 325 Å². The number of rotatable bonds is 10. The topological polar surface area (TPSA) is 101 Å². The molecule has 0 spiro atoms. The third-order valence-corrected chi connectivity index (χ3v) is 25.4. The van der Waals surface area contributed by atoms with Gasteiger partial charge in [0.1, 0.15) is 21.7 Å². The van der Waals surface area contributed by atoms with Gasteiger partial charge in [0.25, 0.3) is 0 Å². The van der Waals surface area contributed by atoms with Crippen molar-refractivity contribution in [3.05, 3.63) is 354 Å². The number of nitrogens with one attached hydrogen (secondary N) is 1. The first-order valence-electron chi connectivity index (χ1n) is 37.5. The van der Waals surface area contributed by atoms with E-state index in [1.54, 1.807) is 22.7 Å². The number of fused-ring (bicyclic) bond motifs is 17. The monoisotopic (exact) mass is 1440 g/mol. The summed E-state index contributed by atoms with van der Waals surface area (Å²) in [6.07, 6.45) is -0.354. The summed E-state index contributed by atoms with van der Waals surface area (Å²) in [7, 11) is 0. The molecule has 0 saturated heterocycles. The Kier molecular flexibility index (Phi) is 14.3. The largest absolute Gasteiger partial charge is 0.344 e. The molecule has 6 heterocycles. The number of hydrogen-bond acceptors (Lipinski definition) is 10. The van der Waals surface area contributed by atoms with Crippen LogP contribution in [0.4, 0.5) is 0 Å². The Bertz CT molecular complexity index is 7190. The molecule has 2 aliphatic carbocycles. The van der Waals surface area contributed by atoms with Crippen LogP contribution in [0.2, 0.25) is 0 Å². The first-order valence-corrected chi connectivity index (χ1v) is 39.2. The van der Waals surface area contributed by atoms with E-state index in [4.69, 9.17) is 34.9 Å². The van der Waals surface area contributed by atoms with Crippen molar-refractivity contribution in [2.45, 2.75) is 44.7 Å². The summed E-state index contributed by atoms with van der Waals surface area (Å²) in [5.74, 6) is 3.33. The van der Waals surface area contributed by atoms with E-state index in [0.717, 1.165) is 98.7 Å². The van der Waals surface area contributed by atoms with E-state index in [9.17, 15) is 0 Å². The molecule has 8 nitrogen and oxygen atoms in total. The van der Waals surface area contributed by atoms with Gasteiger partial charge in [0.05, 0.1) is 11.4 Å². The van der Waals surface area contributed by atoms with Crippen LogP contribution < -0.4 is 5.32 Å². The van der Waals surface area contributed by atoms with Gasteiger partial charge < -0.3 is 5.32 Å². The molecular weight excluding hydrogens is 1380 g/mol. The van der Waals surface area contributed by atoms with Crippen molar-refractivity contribution in [1.82, 2.24) is 30.2 Å². The van der Waals surface area contributed by atoms with Gasteiger partial charge in [-0.3, -0.25) is 0 Å². The number of nitrogens with zero attached hydrogens (tertiary/aromatic N) is 7. The van der Waals surface area contributed by atoms with Crippen LogP contribution in [0.1, 0.15) is 72.8 Å². The van der Waals surface area contributed by atoms with Gasteiger partial charge in [-0.2, -0.15) is 0 Å². The average Bonchev–Trinajstić information content (AvgIpc) is 1.53. The second-order valence-corrected chi connectivity index (χ2v) is 32.3. The first-order chi connectivity index (χ1) is 54.0.